The van der Waals surface area contributed by atoms with Crippen LogP contribution in [0.5, 0.6) is 0 Å². The molecule has 0 spiro atoms. The smallest absolute Gasteiger partial charge is 0.226 e. The van der Waals surface area contributed by atoms with Crippen molar-refractivity contribution in [3.8, 4) is 0 Å². The van der Waals surface area contributed by atoms with E-state index in [0.717, 1.165) is 51.9 Å². The number of likely N-dealkylation sites (tertiary alicyclic amines) is 1. The van der Waals surface area contributed by atoms with Crippen molar-refractivity contribution in [1.82, 2.24) is 15.1 Å². The van der Waals surface area contributed by atoms with E-state index in [0.29, 0.717) is 11.9 Å². The van der Waals surface area contributed by atoms with E-state index >= 15 is 0 Å². The summed E-state index contributed by atoms with van der Waals surface area (Å²) in [6.45, 7) is 7.69. The first-order valence-corrected chi connectivity index (χ1v) is 7.92. The summed E-state index contributed by atoms with van der Waals surface area (Å²) in [4.78, 5) is 17.0. The summed E-state index contributed by atoms with van der Waals surface area (Å²) in [5.74, 6) is 0.577. The summed E-state index contributed by atoms with van der Waals surface area (Å²) in [5.41, 5.74) is 0. The molecular formula is C15H31Cl2N3O. The van der Waals surface area contributed by atoms with Crippen molar-refractivity contribution < 1.29 is 4.79 Å². The largest absolute Gasteiger partial charge is 0.342 e. The second-order valence-electron chi connectivity index (χ2n) is 6.07. The van der Waals surface area contributed by atoms with Crippen LogP contribution in [0.4, 0.5) is 0 Å². The highest BCUT2D eigenvalue weighted by atomic mass is 35.5. The second kappa shape index (κ2) is 10.7. The lowest BCUT2D eigenvalue weighted by atomic mass is 9.96. The minimum absolute atomic E-state index is 0. The van der Waals surface area contributed by atoms with Crippen molar-refractivity contribution in [3.63, 3.8) is 0 Å². The Morgan fingerprint density at radius 3 is 2.43 bits per heavy atom. The normalized spacial score (nSPS) is 23.8. The Kier molecular flexibility index (Phi) is 10.6. The van der Waals surface area contributed by atoms with Gasteiger partial charge in [-0.25, -0.2) is 0 Å². The van der Waals surface area contributed by atoms with Crippen molar-refractivity contribution in [3.05, 3.63) is 0 Å². The number of amides is 1. The fraction of sp³-hybridized carbons (Fsp3) is 0.933. The molecule has 1 atom stereocenters. The molecule has 0 radical (unpaired) electrons. The number of rotatable bonds is 4. The lowest BCUT2D eigenvalue weighted by Gasteiger charge is -2.38. The van der Waals surface area contributed by atoms with Crippen molar-refractivity contribution >= 4 is 30.7 Å². The molecule has 2 fully saturated rings. The SMILES string of the molecule is CCCN1CCC(N(C)C(=O)C2CCCNC2)CC1.Cl.Cl. The van der Waals surface area contributed by atoms with Gasteiger partial charge in [0.05, 0.1) is 5.92 Å². The molecule has 1 amide bonds. The molecule has 1 N–H and O–H groups in total. The third kappa shape index (κ3) is 5.93. The highest BCUT2D eigenvalue weighted by Crippen LogP contribution is 2.20. The lowest BCUT2D eigenvalue weighted by Crippen LogP contribution is -2.49. The van der Waals surface area contributed by atoms with Crippen LogP contribution in [0.25, 0.3) is 0 Å². The average molecular weight is 340 g/mol. The van der Waals surface area contributed by atoms with E-state index in [1.165, 1.54) is 13.0 Å². The number of carbonyl (C=O) groups excluding carboxylic acids is 1. The molecule has 0 aromatic heterocycles. The van der Waals surface area contributed by atoms with E-state index in [1.807, 2.05) is 11.9 Å². The van der Waals surface area contributed by atoms with Gasteiger partial charge in [0.2, 0.25) is 5.91 Å². The minimum Gasteiger partial charge on any atom is -0.342 e. The monoisotopic (exact) mass is 339 g/mol. The zero-order valence-electron chi connectivity index (χ0n) is 13.3. The van der Waals surface area contributed by atoms with Crippen molar-refractivity contribution in [2.24, 2.45) is 5.92 Å². The quantitative estimate of drug-likeness (QED) is 0.852. The molecule has 4 nitrogen and oxygen atoms in total. The van der Waals surface area contributed by atoms with Crippen LogP contribution in [0.2, 0.25) is 0 Å². The van der Waals surface area contributed by atoms with Gasteiger partial charge in [-0.3, -0.25) is 4.79 Å². The average Bonchev–Trinajstić information content (AvgIpc) is 2.48. The third-order valence-corrected chi connectivity index (χ3v) is 4.64. The van der Waals surface area contributed by atoms with Gasteiger partial charge >= 0.3 is 0 Å². The summed E-state index contributed by atoms with van der Waals surface area (Å²) >= 11 is 0. The van der Waals surface area contributed by atoms with Crippen LogP contribution < -0.4 is 5.32 Å². The van der Waals surface area contributed by atoms with Crippen LogP contribution in [0.3, 0.4) is 0 Å². The minimum atomic E-state index is 0. The molecule has 2 heterocycles. The van der Waals surface area contributed by atoms with Crippen LogP contribution in [0.15, 0.2) is 0 Å². The molecule has 21 heavy (non-hydrogen) atoms. The Balaban J connectivity index is 0.00000200. The first-order chi connectivity index (χ1) is 9.22. The fourth-order valence-corrected chi connectivity index (χ4v) is 3.38. The zero-order valence-corrected chi connectivity index (χ0v) is 15.0. The van der Waals surface area contributed by atoms with E-state index in [1.54, 1.807) is 0 Å². The van der Waals surface area contributed by atoms with Gasteiger partial charge in [-0.15, -0.1) is 24.8 Å². The first kappa shape index (κ1) is 21.0. The molecule has 126 valence electrons. The maximum absolute atomic E-state index is 12.5. The molecule has 2 aliphatic rings. The topological polar surface area (TPSA) is 35.6 Å². The van der Waals surface area contributed by atoms with Crippen LogP contribution >= 0.6 is 24.8 Å². The fourth-order valence-electron chi connectivity index (χ4n) is 3.38. The van der Waals surface area contributed by atoms with E-state index in [4.69, 9.17) is 0 Å². The number of piperidine rings is 2. The zero-order chi connectivity index (χ0) is 13.7. The molecule has 1 unspecified atom stereocenters. The summed E-state index contributed by atoms with van der Waals surface area (Å²) in [7, 11) is 2.01. The van der Waals surface area contributed by atoms with Gasteiger partial charge in [0.1, 0.15) is 0 Å². The van der Waals surface area contributed by atoms with Gasteiger partial charge in [-0.2, -0.15) is 0 Å². The Hall–Kier alpha value is -0.0300. The van der Waals surface area contributed by atoms with Gasteiger partial charge in [-0.1, -0.05) is 6.92 Å². The van der Waals surface area contributed by atoms with E-state index in [9.17, 15) is 4.79 Å². The summed E-state index contributed by atoms with van der Waals surface area (Å²) in [5, 5.41) is 3.34. The Morgan fingerprint density at radius 1 is 1.24 bits per heavy atom. The van der Waals surface area contributed by atoms with Gasteiger partial charge in [0.15, 0.2) is 0 Å². The van der Waals surface area contributed by atoms with E-state index in [2.05, 4.69) is 17.1 Å². The number of hydrogen-bond donors (Lipinski definition) is 1. The summed E-state index contributed by atoms with van der Waals surface area (Å²) < 4.78 is 0. The predicted octanol–water partition coefficient (Wildman–Crippen LogP) is 2.16. The molecule has 6 heteroatoms. The second-order valence-corrected chi connectivity index (χ2v) is 6.07. The van der Waals surface area contributed by atoms with Gasteiger partial charge in [0.25, 0.3) is 0 Å². The van der Waals surface area contributed by atoms with Crippen LogP contribution in [0.1, 0.15) is 39.0 Å². The number of hydrogen-bond acceptors (Lipinski definition) is 3. The molecule has 0 bridgehead atoms. The van der Waals surface area contributed by atoms with E-state index < -0.39 is 0 Å². The summed E-state index contributed by atoms with van der Waals surface area (Å²) in [6.07, 6.45) is 5.71. The highest BCUT2D eigenvalue weighted by molar-refractivity contribution is 5.85. The van der Waals surface area contributed by atoms with E-state index in [-0.39, 0.29) is 30.7 Å². The Morgan fingerprint density at radius 2 is 1.90 bits per heavy atom. The molecule has 0 saturated carbocycles. The maximum atomic E-state index is 12.5. The van der Waals surface area contributed by atoms with Crippen LogP contribution in [0, 0.1) is 5.92 Å². The van der Waals surface area contributed by atoms with Crippen LogP contribution in [-0.4, -0.2) is 61.5 Å². The van der Waals surface area contributed by atoms with Crippen molar-refractivity contribution in [2.75, 3.05) is 39.8 Å². The first-order valence-electron chi connectivity index (χ1n) is 7.92. The third-order valence-electron chi connectivity index (χ3n) is 4.64. The Labute approximate surface area is 141 Å². The number of nitrogens with one attached hydrogen (secondary N) is 1. The standard InChI is InChI=1S/C15H29N3O.2ClH/c1-3-9-18-10-6-14(7-11-18)17(2)15(19)13-5-4-8-16-12-13;;/h13-14,16H,3-12H2,1-2H3;2*1H. The number of carbonyl (C=O) groups is 1. The maximum Gasteiger partial charge on any atom is 0.226 e. The molecule has 2 rings (SSSR count). The van der Waals surface area contributed by atoms with Crippen LogP contribution in [-0.2, 0) is 4.79 Å². The van der Waals surface area contributed by atoms with Gasteiger partial charge in [0, 0.05) is 32.7 Å². The van der Waals surface area contributed by atoms with Gasteiger partial charge < -0.3 is 15.1 Å². The highest BCUT2D eigenvalue weighted by Gasteiger charge is 2.29. The molecule has 0 aliphatic carbocycles. The van der Waals surface area contributed by atoms with Crippen molar-refractivity contribution in [1.29, 1.82) is 0 Å². The predicted molar refractivity (Wildman–Crippen MR) is 92.6 cm³/mol. The lowest BCUT2D eigenvalue weighted by molar-refractivity contribution is -0.137. The molecular weight excluding hydrogens is 309 g/mol. The molecule has 0 aromatic rings. The molecule has 0 aromatic carbocycles. The number of halogens is 2. The Bertz CT molecular complexity index is 291. The summed E-state index contributed by atoms with van der Waals surface area (Å²) in [6, 6.07) is 0.461. The van der Waals surface area contributed by atoms with Gasteiger partial charge in [-0.05, 0) is 45.2 Å². The molecule has 2 aliphatic heterocycles. The number of nitrogens with zero attached hydrogens (tertiary/aromatic N) is 2. The molecule has 2 saturated heterocycles. The van der Waals surface area contributed by atoms with Crippen molar-refractivity contribution in [2.45, 2.75) is 45.1 Å².